The van der Waals surface area contributed by atoms with Gasteiger partial charge in [-0.15, -0.1) is 22.7 Å². The molecule has 0 N–H and O–H groups in total. The van der Waals surface area contributed by atoms with Gasteiger partial charge >= 0.3 is 0 Å². The summed E-state index contributed by atoms with van der Waals surface area (Å²) in [7, 11) is -2.28. The summed E-state index contributed by atoms with van der Waals surface area (Å²) < 4.78 is 5.36. The average molecular weight is 736 g/mol. The van der Waals surface area contributed by atoms with Crippen molar-refractivity contribution in [2.75, 3.05) is 23.7 Å². The summed E-state index contributed by atoms with van der Waals surface area (Å²) in [5, 5.41) is 8.05. The maximum Gasteiger partial charge on any atom is 0.0640 e. The van der Waals surface area contributed by atoms with E-state index in [0.29, 0.717) is 0 Å². The number of thiol groups is 1. The van der Waals surface area contributed by atoms with Crippen LogP contribution in [0.3, 0.4) is 0 Å². The Balaban J connectivity index is 1.17. The third-order valence-electron chi connectivity index (χ3n) is 11.6. The van der Waals surface area contributed by atoms with Crippen LogP contribution in [0.15, 0.2) is 174 Å². The molecule has 10 aromatic rings. The molecule has 1 nitrogen and oxygen atoms in total. The summed E-state index contributed by atoms with van der Waals surface area (Å²) in [6, 6.07) is 61.2. The number of hydrogen-bond donors (Lipinski definition) is 1. The maximum absolute atomic E-state index is 2.51. The van der Waals surface area contributed by atoms with Crippen LogP contribution in [0.25, 0.3) is 73.4 Å². The van der Waals surface area contributed by atoms with Crippen molar-refractivity contribution in [1.82, 2.24) is 0 Å². The first-order valence-electron chi connectivity index (χ1n) is 18.2. The van der Waals surface area contributed by atoms with E-state index in [1.165, 1.54) is 94.5 Å². The Morgan fingerprint density at radius 3 is 1.87 bits per heavy atom. The lowest BCUT2D eigenvalue weighted by atomic mass is 10.0. The first kappa shape index (κ1) is 31.2. The van der Waals surface area contributed by atoms with Crippen LogP contribution in [-0.4, -0.2) is 18.8 Å². The molecule has 0 atom stereocenters. The molecule has 0 radical (unpaired) electrons. The fraction of sp³-hybridized carbons (Fsp3) is 0.0612. The number of fused-ring (bicyclic) bond motifs is 12. The summed E-state index contributed by atoms with van der Waals surface area (Å²) in [5.41, 5.74) is 8.75. The minimum absolute atomic E-state index is 1.15. The number of benzene rings is 8. The second-order valence-electron chi connectivity index (χ2n) is 15.6. The van der Waals surface area contributed by atoms with E-state index in [0.717, 1.165) is 5.69 Å². The molecule has 0 fully saturated rings. The molecular weight excluding hydrogens is 699 g/mol. The van der Waals surface area contributed by atoms with Gasteiger partial charge in [0.05, 0.1) is 10.4 Å². The van der Waals surface area contributed by atoms with E-state index in [9.17, 15) is 0 Å². The number of thiophene rings is 2. The fourth-order valence-corrected chi connectivity index (χ4v) is 15.0. The van der Waals surface area contributed by atoms with Crippen LogP contribution in [0.1, 0.15) is 0 Å². The van der Waals surface area contributed by atoms with Crippen LogP contribution in [0, 0.1) is 0 Å². The Bertz CT molecular complexity index is 3100. The Labute approximate surface area is 317 Å². The minimum atomic E-state index is -2.28. The standard InChI is InChI=1S/C49H37NS3/c1-53(2,3)44-19-10-9-16-37(44)40-30-35(25-29-45(40)53)50(34-23-20-32(21-24-34)31-12-5-4-6-13-31)41-18-11-17-38-46-43(52-49(38)41)28-27-42-47(46)39-26-22-33-14-7-8-15-36(33)48(39)51-42/h4-30,53H,1-3H3. The fourth-order valence-electron chi connectivity index (χ4n) is 8.98. The molecule has 1 aliphatic heterocycles. The van der Waals surface area contributed by atoms with Gasteiger partial charge in [-0.3, -0.25) is 0 Å². The van der Waals surface area contributed by atoms with Crippen molar-refractivity contribution in [2.45, 2.75) is 9.79 Å². The summed E-state index contributed by atoms with van der Waals surface area (Å²) in [5.74, 6) is 0. The van der Waals surface area contributed by atoms with Gasteiger partial charge in [0.25, 0.3) is 0 Å². The van der Waals surface area contributed by atoms with Crippen LogP contribution < -0.4 is 4.90 Å². The molecule has 8 aromatic carbocycles. The highest BCUT2D eigenvalue weighted by Crippen LogP contribution is 2.80. The molecule has 0 bridgehead atoms. The Morgan fingerprint density at radius 1 is 0.434 bits per heavy atom. The van der Waals surface area contributed by atoms with Crippen molar-refractivity contribution in [3.8, 4) is 22.3 Å². The van der Waals surface area contributed by atoms with Crippen molar-refractivity contribution >= 4 is 100 Å². The minimum Gasteiger partial charge on any atom is -0.309 e. The lowest BCUT2D eigenvalue weighted by Crippen LogP contribution is -2.12. The predicted molar refractivity (Wildman–Crippen MR) is 239 cm³/mol. The first-order valence-corrected chi connectivity index (χ1v) is 23.4. The van der Waals surface area contributed by atoms with Crippen LogP contribution in [0.4, 0.5) is 17.1 Å². The van der Waals surface area contributed by atoms with Crippen LogP contribution in [0.5, 0.6) is 0 Å². The van der Waals surface area contributed by atoms with Gasteiger partial charge in [-0.25, -0.2) is 9.16 Å². The number of hydrogen-bond acceptors (Lipinski definition) is 3. The molecule has 0 aliphatic carbocycles. The Kier molecular flexibility index (Phi) is 6.51. The molecule has 0 saturated heterocycles. The van der Waals surface area contributed by atoms with Gasteiger partial charge in [0.15, 0.2) is 0 Å². The zero-order valence-corrected chi connectivity index (χ0v) is 32.3. The van der Waals surface area contributed by atoms with E-state index in [1.807, 2.05) is 22.7 Å². The third kappa shape index (κ3) is 4.50. The lowest BCUT2D eigenvalue weighted by Gasteiger charge is -2.49. The van der Waals surface area contributed by atoms with Crippen LogP contribution >= 0.6 is 31.8 Å². The van der Waals surface area contributed by atoms with Crippen molar-refractivity contribution in [3.63, 3.8) is 0 Å². The van der Waals surface area contributed by atoms with E-state index < -0.39 is 9.16 Å². The highest BCUT2D eigenvalue weighted by atomic mass is 32.3. The lowest BCUT2D eigenvalue weighted by molar-refractivity contribution is 1.28. The van der Waals surface area contributed by atoms with E-state index in [4.69, 9.17) is 0 Å². The van der Waals surface area contributed by atoms with E-state index in [-0.39, 0.29) is 0 Å². The monoisotopic (exact) mass is 735 g/mol. The molecule has 0 spiro atoms. The topological polar surface area (TPSA) is 3.24 Å². The molecule has 0 saturated carbocycles. The Morgan fingerprint density at radius 2 is 1.06 bits per heavy atom. The highest BCUT2D eigenvalue weighted by molar-refractivity contribution is 8.48. The van der Waals surface area contributed by atoms with E-state index >= 15 is 0 Å². The molecule has 0 amide bonds. The van der Waals surface area contributed by atoms with Crippen molar-refractivity contribution in [2.24, 2.45) is 0 Å². The van der Waals surface area contributed by atoms with E-state index in [1.54, 1.807) is 0 Å². The molecule has 2 aromatic heterocycles. The smallest absolute Gasteiger partial charge is 0.0640 e. The second-order valence-corrected chi connectivity index (χ2v) is 24.3. The summed E-state index contributed by atoms with van der Waals surface area (Å²) in [6.45, 7) is 0. The molecule has 1 aliphatic rings. The van der Waals surface area contributed by atoms with Gasteiger partial charge < -0.3 is 4.90 Å². The largest absolute Gasteiger partial charge is 0.309 e. The van der Waals surface area contributed by atoms with Crippen molar-refractivity contribution in [1.29, 1.82) is 0 Å². The molecule has 3 heterocycles. The number of anilines is 3. The molecule has 0 unspecified atom stereocenters. The molecule has 11 rings (SSSR count). The zero-order chi connectivity index (χ0) is 35.5. The number of nitrogens with zero attached hydrogens (tertiary/aromatic N) is 1. The second kappa shape index (κ2) is 11.1. The summed E-state index contributed by atoms with van der Waals surface area (Å²) in [4.78, 5) is 5.51. The van der Waals surface area contributed by atoms with Crippen molar-refractivity contribution < 1.29 is 0 Å². The average Bonchev–Trinajstić information content (AvgIpc) is 3.82. The summed E-state index contributed by atoms with van der Waals surface area (Å²) >= 11 is 3.84. The molecule has 256 valence electrons. The van der Waals surface area contributed by atoms with Gasteiger partial charge in [0.2, 0.25) is 0 Å². The quantitative estimate of drug-likeness (QED) is 0.176. The molecule has 4 heteroatoms. The SMILES string of the molecule is C[SH]1(C)(C)c2ccccc2-c2cc(N(c3ccc(-c4ccccc4)cc3)c3cccc4c3sc3ccc5sc6c7ccccc7ccc6c5c34)ccc21. The molecule has 53 heavy (non-hydrogen) atoms. The van der Waals surface area contributed by atoms with Crippen LogP contribution in [-0.2, 0) is 0 Å². The van der Waals surface area contributed by atoms with Crippen LogP contribution in [0.2, 0.25) is 0 Å². The zero-order valence-electron chi connectivity index (χ0n) is 29.8. The van der Waals surface area contributed by atoms with Gasteiger partial charge in [-0.1, -0.05) is 115 Å². The van der Waals surface area contributed by atoms with Gasteiger partial charge in [0.1, 0.15) is 0 Å². The first-order chi connectivity index (χ1) is 25.8. The Hall–Kier alpha value is -5.39. The predicted octanol–water partition coefficient (Wildman–Crippen LogP) is 15.1. The van der Waals surface area contributed by atoms with Crippen molar-refractivity contribution in [3.05, 3.63) is 164 Å². The third-order valence-corrected chi connectivity index (χ3v) is 18.1. The normalized spacial score (nSPS) is 15.1. The van der Waals surface area contributed by atoms with Gasteiger partial charge in [-0.2, -0.15) is 0 Å². The number of rotatable bonds is 4. The van der Waals surface area contributed by atoms with E-state index in [2.05, 4.69) is 187 Å². The van der Waals surface area contributed by atoms with Gasteiger partial charge in [-0.05, 0) is 110 Å². The van der Waals surface area contributed by atoms with Gasteiger partial charge in [0, 0.05) is 47.0 Å². The maximum atomic E-state index is 2.51. The highest BCUT2D eigenvalue weighted by Gasteiger charge is 2.40. The molecular formula is C49H37NS3. The summed E-state index contributed by atoms with van der Waals surface area (Å²) in [6.07, 6.45) is 7.52.